The number of esters is 6. The molecule has 0 heterocycles. The first kappa shape index (κ1) is 92.0. The van der Waals surface area contributed by atoms with Crippen molar-refractivity contribution < 1.29 is 57.2 Å². The van der Waals surface area contributed by atoms with Crippen LogP contribution in [0.1, 0.15) is 420 Å². The second-order valence-electron chi connectivity index (χ2n) is 44.8. The minimum Gasteiger partial charge on any atom is -0.459 e. The van der Waals surface area contributed by atoms with Gasteiger partial charge >= 0.3 is 35.8 Å². The molecular weight excluding hydrogens is 1350 g/mol. The van der Waals surface area contributed by atoms with Crippen LogP contribution in [0, 0.1) is 119 Å². The van der Waals surface area contributed by atoms with Gasteiger partial charge in [0.25, 0.3) is 0 Å². The van der Waals surface area contributed by atoms with Crippen molar-refractivity contribution in [2.45, 2.75) is 454 Å². The molecule has 624 valence electrons. The first-order valence-electron chi connectivity index (χ1n) is 44.9. The first-order chi connectivity index (χ1) is 49.5. The average molecular weight is 1510 g/mol. The van der Waals surface area contributed by atoms with Crippen molar-refractivity contribution in [1.29, 1.82) is 0 Å². The summed E-state index contributed by atoms with van der Waals surface area (Å²) < 4.78 is 36.2. The van der Waals surface area contributed by atoms with Gasteiger partial charge in [-0.3, -0.25) is 28.8 Å². The fourth-order valence-corrected chi connectivity index (χ4v) is 22.5. The van der Waals surface area contributed by atoms with Gasteiger partial charge in [0.1, 0.15) is 33.6 Å². The molecule has 12 nitrogen and oxygen atoms in total. The zero-order valence-corrected chi connectivity index (χ0v) is 75.9. The molecule has 0 aromatic carbocycles. The second kappa shape index (κ2) is 33.2. The smallest absolute Gasteiger partial charge is 0.312 e. The number of carbonyl (C=O) groups is 6. The molecule has 0 aromatic rings. The molecule has 0 aromatic heterocycles. The van der Waals surface area contributed by atoms with Gasteiger partial charge in [0.15, 0.2) is 0 Å². The number of hydrogen-bond acceptors (Lipinski definition) is 12. The van der Waals surface area contributed by atoms with Crippen LogP contribution in [0.2, 0.25) is 0 Å². The van der Waals surface area contributed by atoms with Crippen LogP contribution in [0.25, 0.3) is 0 Å². The molecule has 0 amide bonds. The van der Waals surface area contributed by atoms with Crippen LogP contribution < -0.4 is 0 Å². The lowest BCUT2D eigenvalue weighted by atomic mass is 9.61. The molecule has 18 atom stereocenters. The van der Waals surface area contributed by atoms with Crippen molar-refractivity contribution in [3.8, 4) is 0 Å². The molecule has 18 unspecified atom stereocenters. The Morgan fingerprint density at radius 1 is 0.352 bits per heavy atom. The predicted molar refractivity (Wildman–Crippen MR) is 439 cm³/mol. The second-order valence-corrected chi connectivity index (χ2v) is 44.8. The normalized spacial score (nSPS) is 37.7. The van der Waals surface area contributed by atoms with Crippen LogP contribution in [0.15, 0.2) is 0 Å². The standard InChI is InChI=1S/3C17H30O2.C16H28O2.C15H26O2.C14H24O2/c1-8-14(2,3)13(18)19-17(7)11-12-9-10-16(17,6)15(12,4)5;1-8-14(2,3)13(18)19-17(7)15(4,5)12-9-10-16(17,6)11-12;1-5-16(2,3)15(18)19-17(4)11-10-13-8-6-7-9-14(13)12-17;1-6-15(4,5)14(17)18-16(11(2)3)10-12-7-8-13(16)9-12;1-5-14(3,4)13(16)17-15(6-2)10-11-7-8-12(15)9-11;1-5-13(2,3)12(15)16-14(4)9-10-6-7-11(14)8-10/h2*12H,8-11H2,1-7H3;13-14H,5-12H2,1-4H3;11-13H,6-10H2,1-5H3;11-12H,5-10H2,1-4H3;10-11H,5-9H2,1-4H3. The van der Waals surface area contributed by atoms with Gasteiger partial charge in [0.2, 0.25) is 0 Å². The highest BCUT2D eigenvalue weighted by atomic mass is 16.6. The van der Waals surface area contributed by atoms with Crippen molar-refractivity contribution >= 4 is 35.8 Å². The monoisotopic (exact) mass is 1510 g/mol. The van der Waals surface area contributed by atoms with Gasteiger partial charge in [-0.25, -0.2) is 0 Å². The lowest BCUT2D eigenvalue weighted by Gasteiger charge is -2.51. The highest BCUT2D eigenvalue weighted by Crippen LogP contribution is 2.72. The molecule has 12 aliphatic rings. The van der Waals surface area contributed by atoms with Crippen LogP contribution in [-0.4, -0.2) is 69.4 Å². The maximum atomic E-state index is 12.5. The van der Waals surface area contributed by atoms with Crippen molar-refractivity contribution in [3.63, 3.8) is 0 Å². The number of fused-ring (bicyclic) bond motifs is 11. The van der Waals surface area contributed by atoms with Crippen LogP contribution in [0.3, 0.4) is 0 Å². The van der Waals surface area contributed by atoms with Crippen LogP contribution >= 0.6 is 0 Å². The van der Waals surface area contributed by atoms with E-state index in [1.165, 1.54) is 122 Å². The summed E-state index contributed by atoms with van der Waals surface area (Å²) in [5, 5.41) is 0. The van der Waals surface area contributed by atoms with Gasteiger partial charge in [-0.05, 0) is 361 Å². The zero-order valence-electron chi connectivity index (χ0n) is 75.9. The molecule has 0 spiro atoms. The third-order valence-corrected chi connectivity index (χ3v) is 35.1. The molecule has 12 rings (SSSR count). The van der Waals surface area contributed by atoms with Crippen LogP contribution in [-0.2, 0) is 57.2 Å². The molecular formula is C96H168O12. The largest absolute Gasteiger partial charge is 0.459 e. The molecule has 0 N–H and O–H groups in total. The van der Waals surface area contributed by atoms with E-state index in [-0.39, 0.29) is 124 Å². The number of ether oxygens (including phenoxy) is 6. The lowest BCUT2D eigenvalue weighted by molar-refractivity contribution is -0.202. The van der Waals surface area contributed by atoms with Gasteiger partial charge < -0.3 is 28.4 Å². The van der Waals surface area contributed by atoms with E-state index in [9.17, 15) is 28.8 Å². The molecule has 12 saturated carbocycles. The van der Waals surface area contributed by atoms with Gasteiger partial charge in [-0.15, -0.1) is 0 Å². The molecule has 12 aliphatic carbocycles. The van der Waals surface area contributed by atoms with Gasteiger partial charge in [0, 0.05) is 16.2 Å². The van der Waals surface area contributed by atoms with Crippen LogP contribution in [0.4, 0.5) is 0 Å². The first-order valence-corrected chi connectivity index (χ1v) is 44.9. The fraction of sp³-hybridized carbons (Fsp3) is 0.938. The summed E-state index contributed by atoms with van der Waals surface area (Å²) in [6.07, 6.45) is 37.0. The van der Waals surface area contributed by atoms with E-state index in [4.69, 9.17) is 28.4 Å². The van der Waals surface area contributed by atoms with Crippen molar-refractivity contribution in [2.24, 2.45) is 119 Å². The van der Waals surface area contributed by atoms with Crippen molar-refractivity contribution in [2.75, 3.05) is 0 Å². The lowest BCUT2D eigenvalue weighted by Crippen LogP contribution is -2.55. The molecule has 12 heteroatoms. The Hall–Kier alpha value is -3.18. The summed E-state index contributed by atoms with van der Waals surface area (Å²) >= 11 is 0. The Bertz CT molecular complexity index is 3100. The highest BCUT2D eigenvalue weighted by Gasteiger charge is 2.71. The van der Waals surface area contributed by atoms with E-state index < -0.39 is 0 Å². The Balaban J connectivity index is 0.000000181. The Kier molecular flexibility index (Phi) is 28.3. The highest BCUT2D eigenvalue weighted by molar-refractivity contribution is 5.79. The molecule has 108 heavy (non-hydrogen) atoms. The summed E-state index contributed by atoms with van der Waals surface area (Å²) in [4.78, 5) is 74.1. The van der Waals surface area contributed by atoms with E-state index in [0.29, 0.717) is 35.5 Å². The Labute approximate surface area is 662 Å². The fourth-order valence-electron chi connectivity index (χ4n) is 22.5. The van der Waals surface area contributed by atoms with Gasteiger partial charge in [-0.1, -0.05) is 130 Å². The molecule has 0 saturated heterocycles. The quantitative estimate of drug-likeness (QED) is 0.0840. The van der Waals surface area contributed by atoms with E-state index in [1.54, 1.807) is 0 Å². The molecule has 0 radical (unpaired) electrons. The SMILES string of the molecule is CCC(C)(C)C(=O)OC1(C(C)C)CC2CCC1C2.CCC(C)(C)C(=O)OC1(C)C2(C)CCC(C2)C1(C)C.CCC(C)(C)C(=O)OC1(C)CC2CCC1(C)C2(C)C.CCC(C)(C)C(=O)OC1(C)CC2CCC1C2.CCC(C)(C)C(=O)OC1(C)CCC2CCCCC2C1.CCC(C)(C)C(=O)OC1(CC)CC2CCC1C2. The maximum absolute atomic E-state index is 12.5. The third-order valence-electron chi connectivity index (χ3n) is 35.1. The zero-order chi connectivity index (χ0) is 81.7. The van der Waals surface area contributed by atoms with E-state index in [1.807, 2.05) is 90.0 Å². The summed E-state index contributed by atoms with van der Waals surface area (Å²) in [6.45, 7) is 65.3. The minimum absolute atomic E-state index is 0.00579. The van der Waals surface area contributed by atoms with Gasteiger partial charge in [-0.2, -0.15) is 0 Å². The third kappa shape index (κ3) is 18.2. The summed E-state index contributed by atoms with van der Waals surface area (Å²) in [7, 11) is 0. The Morgan fingerprint density at radius 2 is 0.759 bits per heavy atom. The van der Waals surface area contributed by atoms with E-state index in [2.05, 4.69) is 125 Å². The van der Waals surface area contributed by atoms with Crippen LogP contribution in [0.5, 0.6) is 0 Å². The number of rotatable bonds is 20. The average Bonchev–Trinajstić information content (AvgIpc) is 1.53. The van der Waals surface area contributed by atoms with Crippen molar-refractivity contribution in [1.82, 2.24) is 0 Å². The van der Waals surface area contributed by atoms with E-state index >= 15 is 0 Å². The summed E-state index contributed by atoms with van der Waals surface area (Å²) in [6, 6.07) is 0. The number of carbonyl (C=O) groups excluding carboxylic acids is 6. The molecule has 10 bridgehead atoms. The number of hydrogen-bond donors (Lipinski definition) is 0. The van der Waals surface area contributed by atoms with Gasteiger partial charge in [0.05, 0.1) is 32.5 Å². The molecule has 12 fully saturated rings. The maximum Gasteiger partial charge on any atom is 0.312 e. The summed E-state index contributed by atoms with van der Waals surface area (Å²) in [5.74, 6) is 7.76. The summed E-state index contributed by atoms with van der Waals surface area (Å²) in [5.41, 5.74) is -2.72. The van der Waals surface area contributed by atoms with Crippen molar-refractivity contribution in [3.05, 3.63) is 0 Å². The molecule has 0 aliphatic heterocycles. The topological polar surface area (TPSA) is 158 Å². The Morgan fingerprint density at radius 3 is 1.14 bits per heavy atom. The minimum atomic E-state index is -0.378. The van der Waals surface area contributed by atoms with E-state index in [0.717, 1.165) is 113 Å². The predicted octanol–water partition coefficient (Wildman–Crippen LogP) is 25.5.